The first-order valence-corrected chi connectivity index (χ1v) is 5.74. The molecule has 0 aromatic carbocycles. The second kappa shape index (κ2) is 5.20. The van der Waals surface area contributed by atoms with Gasteiger partial charge in [0.05, 0.1) is 11.8 Å². The second-order valence-corrected chi connectivity index (χ2v) is 5.14. The number of nitrogens with zero attached hydrogens (tertiary/aromatic N) is 1. The van der Waals surface area contributed by atoms with Gasteiger partial charge in [0.25, 0.3) is 5.91 Å². The zero-order valence-electron chi connectivity index (χ0n) is 11.3. The molecule has 0 saturated heterocycles. The van der Waals surface area contributed by atoms with Crippen LogP contribution in [0.25, 0.3) is 0 Å². The fourth-order valence-electron chi connectivity index (χ4n) is 1.30. The van der Waals surface area contributed by atoms with E-state index in [9.17, 15) is 9.59 Å². The highest BCUT2D eigenvalue weighted by atomic mass is 16.6. The minimum Gasteiger partial charge on any atom is -0.458 e. The summed E-state index contributed by atoms with van der Waals surface area (Å²) in [5.41, 5.74) is 0.510. The van der Waals surface area contributed by atoms with E-state index in [1.54, 1.807) is 34.6 Å². The van der Waals surface area contributed by atoms with Crippen molar-refractivity contribution in [3.05, 3.63) is 17.5 Å². The maximum Gasteiger partial charge on any atom is 0.328 e. The SMILES string of the molecule is Cc1[nH]ncc1C(=O)N[C@@H](C)C(=O)OC(C)(C)C. The Bertz CT molecular complexity index is 446. The molecule has 2 N–H and O–H groups in total. The molecule has 0 spiro atoms. The summed E-state index contributed by atoms with van der Waals surface area (Å²) in [5, 5.41) is 8.99. The topological polar surface area (TPSA) is 84.1 Å². The molecule has 0 saturated carbocycles. The molecule has 1 atom stereocenters. The molecule has 0 fully saturated rings. The van der Waals surface area contributed by atoms with Crippen LogP contribution in [0, 0.1) is 6.92 Å². The highest BCUT2D eigenvalue weighted by Gasteiger charge is 2.24. The number of rotatable bonds is 3. The number of aryl methyl sites for hydroxylation is 1. The lowest BCUT2D eigenvalue weighted by atomic mass is 10.2. The van der Waals surface area contributed by atoms with Crippen molar-refractivity contribution in [2.75, 3.05) is 0 Å². The molecule has 1 aromatic heterocycles. The lowest BCUT2D eigenvalue weighted by molar-refractivity contribution is -0.156. The molecule has 0 aliphatic carbocycles. The predicted molar refractivity (Wildman–Crippen MR) is 66.1 cm³/mol. The van der Waals surface area contributed by atoms with Gasteiger partial charge in [-0.2, -0.15) is 5.10 Å². The van der Waals surface area contributed by atoms with Gasteiger partial charge in [-0.15, -0.1) is 0 Å². The number of carbonyl (C=O) groups excluding carboxylic acids is 2. The molecule has 0 unspecified atom stereocenters. The molecule has 1 heterocycles. The van der Waals surface area contributed by atoms with Gasteiger partial charge in [-0.25, -0.2) is 4.79 Å². The van der Waals surface area contributed by atoms with Gasteiger partial charge < -0.3 is 10.1 Å². The Morgan fingerprint density at radius 2 is 2.06 bits per heavy atom. The van der Waals surface area contributed by atoms with E-state index in [2.05, 4.69) is 15.5 Å². The van der Waals surface area contributed by atoms with Crippen molar-refractivity contribution in [1.29, 1.82) is 0 Å². The van der Waals surface area contributed by atoms with E-state index in [4.69, 9.17) is 4.74 Å². The average Bonchev–Trinajstić information content (AvgIpc) is 2.61. The van der Waals surface area contributed by atoms with Gasteiger partial charge in [0.2, 0.25) is 0 Å². The molecule has 1 rings (SSSR count). The predicted octanol–water partition coefficient (Wildman–Crippen LogP) is 1.18. The van der Waals surface area contributed by atoms with Gasteiger partial charge in [0, 0.05) is 5.69 Å². The Kier molecular flexibility index (Phi) is 4.11. The average molecular weight is 253 g/mol. The van der Waals surface area contributed by atoms with Crippen LogP contribution in [0.5, 0.6) is 0 Å². The van der Waals surface area contributed by atoms with Gasteiger partial charge in [-0.1, -0.05) is 0 Å². The molecule has 1 amide bonds. The molecule has 18 heavy (non-hydrogen) atoms. The summed E-state index contributed by atoms with van der Waals surface area (Å²) in [4.78, 5) is 23.5. The lowest BCUT2D eigenvalue weighted by Gasteiger charge is -2.22. The van der Waals surface area contributed by atoms with Crippen molar-refractivity contribution in [2.45, 2.75) is 46.3 Å². The quantitative estimate of drug-likeness (QED) is 0.792. The summed E-state index contributed by atoms with van der Waals surface area (Å²) in [6.07, 6.45) is 1.42. The van der Waals surface area contributed by atoms with Gasteiger partial charge >= 0.3 is 5.97 Å². The Labute approximate surface area is 106 Å². The number of nitrogens with one attached hydrogen (secondary N) is 2. The van der Waals surface area contributed by atoms with E-state index < -0.39 is 17.6 Å². The molecule has 6 nitrogen and oxygen atoms in total. The van der Waals surface area contributed by atoms with Crippen molar-refractivity contribution < 1.29 is 14.3 Å². The smallest absolute Gasteiger partial charge is 0.328 e. The van der Waals surface area contributed by atoms with Crippen molar-refractivity contribution >= 4 is 11.9 Å². The molecule has 0 aliphatic rings. The maximum atomic E-state index is 11.8. The molecular formula is C12H19N3O3. The number of aromatic nitrogens is 2. The molecular weight excluding hydrogens is 234 g/mol. The largest absolute Gasteiger partial charge is 0.458 e. The van der Waals surface area contributed by atoms with Crippen molar-refractivity contribution in [1.82, 2.24) is 15.5 Å². The first-order valence-electron chi connectivity index (χ1n) is 5.74. The van der Waals surface area contributed by atoms with Crippen LogP contribution < -0.4 is 5.32 Å². The van der Waals surface area contributed by atoms with E-state index in [0.29, 0.717) is 11.3 Å². The van der Waals surface area contributed by atoms with E-state index in [1.807, 2.05) is 0 Å². The number of H-pyrrole nitrogens is 1. The Hall–Kier alpha value is -1.85. The second-order valence-electron chi connectivity index (χ2n) is 5.14. The molecule has 1 aromatic rings. The Balaban J connectivity index is 2.60. The van der Waals surface area contributed by atoms with Gasteiger partial charge in [0.1, 0.15) is 11.6 Å². The van der Waals surface area contributed by atoms with E-state index in [1.165, 1.54) is 6.20 Å². The fraction of sp³-hybridized carbons (Fsp3) is 0.583. The summed E-state index contributed by atoms with van der Waals surface area (Å²) >= 11 is 0. The highest BCUT2D eigenvalue weighted by molar-refractivity contribution is 5.97. The maximum absolute atomic E-state index is 11.8. The van der Waals surface area contributed by atoms with Crippen LogP contribution in [0.1, 0.15) is 43.7 Å². The summed E-state index contributed by atoms with van der Waals surface area (Å²) < 4.78 is 5.17. The zero-order valence-corrected chi connectivity index (χ0v) is 11.3. The normalized spacial score (nSPS) is 12.9. The van der Waals surface area contributed by atoms with Crippen LogP contribution in [-0.2, 0) is 9.53 Å². The third-order valence-corrected chi connectivity index (χ3v) is 2.18. The van der Waals surface area contributed by atoms with Crippen LogP contribution in [0.15, 0.2) is 6.20 Å². The van der Waals surface area contributed by atoms with Gasteiger partial charge in [0.15, 0.2) is 0 Å². The minimum absolute atomic E-state index is 0.348. The number of ether oxygens (including phenoxy) is 1. The number of carbonyl (C=O) groups is 2. The third-order valence-electron chi connectivity index (χ3n) is 2.18. The standard InChI is InChI=1S/C12H19N3O3/c1-7-9(6-13-15-7)10(16)14-8(2)11(17)18-12(3,4)5/h6,8H,1-5H3,(H,13,15)(H,14,16)/t8-/m0/s1. The van der Waals surface area contributed by atoms with Crippen LogP contribution in [-0.4, -0.2) is 33.7 Å². The highest BCUT2D eigenvalue weighted by Crippen LogP contribution is 2.09. The molecule has 0 aliphatic heterocycles. The Morgan fingerprint density at radius 3 is 2.50 bits per heavy atom. The van der Waals surface area contributed by atoms with Crippen molar-refractivity contribution in [2.24, 2.45) is 0 Å². The van der Waals surface area contributed by atoms with Crippen LogP contribution in [0.3, 0.4) is 0 Å². The van der Waals surface area contributed by atoms with Crippen LogP contribution >= 0.6 is 0 Å². The monoisotopic (exact) mass is 253 g/mol. The number of aromatic amines is 1. The van der Waals surface area contributed by atoms with E-state index in [-0.39, 0.29) is 5.91 Å². The first kappa shape index (κ1) is 14.2. The lowest BCUT2D eigenvalue weighted by Crippen LogP contribution is -2.42. The van der Waals surface area contributed by atoms with E-state index in [0.717, 1.165) is 0 Å². The molecule has 0 radical (unpaired) electrons. The molecule has 100 valence electrons. The molecule has 0 bridgehead atoms. The Morgan fingerprint density at radius 1 is 1.44 bits per heavy atom. The fourth-order valence-corrected chi connectivity index (χ4v) is 1.30. The number of hydrogen-bond donors (Lipinski definition) is 2. The van der Waals surface area contributed by atoms with Gasteiger partial charge in [-0.05, 0) is 34.6 Å². The molecule has 6 heteroatoms. The van der Waals surface area contributed by atoms with Crippen molar-refractivity contribution in [3.63, 3.8) is 0 Å². The zero-order chi connectivity index (χ0) is 13.9. The number of hydrogen-bond acceptors (Lipinski definition) is 4. The number of esters is 1. The van der Waals surface area contributed by atoms with Crippen molar-refractivity contribution in [3.8, 4) is 0 Å². The summed E-state index contributed by atoms with van der Waals surface area (Å²) in [6.45, 7) is 8.65. The van der Waals surface area contributed by atoms with Crippen LogP contribution in [0.2, 0.25) is 0 Å². The van der Waals surface area contributed by atoms with Gasteiger partial charge in [-0.3, -0.25) is 9.89 Å². The van der Waals surface area contributed by atoms with Crippen LogP contribution in [0.4, 0.5) is 0 Å². The summed E-state index contributed by atoms with van der Waals surface area (Å²) in [7, 11) is 0. The third kappa shape index (κ3) is 3.87. The minimum atomic E-state index is -0.703. The number of amides is 1. The summed E-state index contributed by atoms with van der Waals surface area (Å²) in [6, 6.07) is -0.703. The first-order chi connectivity index (χ1) is 8.20. The summed E-state index contributed by atoms with van der Waals surface area (Å²) in [5.74, 6) is -0.809. The van der Waals surface area contributed by atoms with E-state index >= 15 is 0 Å².